The maximum absolute atomic E-state index is 4.18. The molecule has 0 saturated heterocycles. The number of thiazole rings is 1. The van der Waals surface area contributed by atoms with E-state index in [2.05, 4.69) is 27.1 Å². The Morgan fingerprint density at radius 1 is 0.516 bits per heavy atom. The molecule has 3 aromatic heterocycles. The van der Waals surface area contributed by atoms with E-state index in [0.29, 0.717) is 0 Å². The number of para-hydroxylation sites is 1. The van der Waals surface area contributed by atoms with E-state index in [1.165, 1.54) is 5.39 Å². The van der Waals surface area contributed by atoms with Crippen LogP contribution in [-0.4, -0.2) is 15.0 Å². The van der Waals surface area contributed by atoms with Gasteiger partial charge in [-0.15, -0.1) is 11.3 Å². The van der Waals surface area contributed by atoms with Gasteiger partial charge in [-0.3, -0.25) is 15.0 Å². The van der Waals surface area contributed by atoms with Gasteiger partial charge < -0.3 is 0 Å². The molecule has 0 amide bonds. The highest BCUT2D eigenvalue weighted by molar-refractivity contribution is 7.07. The van der Waals surface area contributed by atoms with Crippen LogP contribution in [0.4, 0.5) is 0 Å². The molecule has 0 N–H and O–H groups in total. The van der Waals surface area contributed by atoms with Crippen molar-refractivity contribution in [2.45, 2.75) is 27.7 Å². The molecule has 5 aromatic rings. The smallest absolute Gasteiger partial charge is 0.0791 e. The molecule has 0 unspecified atom stereocenters. The molecule has 5 rings (SSSR count). The number of nitrogens with zero attached hydrogens (tertiary/aromatic N) is 3. The standard InChI is InChI=1S/C9H7N.C6H6.C5H5N.C3H3NS.2C2H6/c1-2-6-9-8(4-1)5-3-7-10-9;2*1-2-4-6-5-3-1;1-2-5-3-4-1;2*1-2/h1-7H;1-6H;1-5H;1-3H;2*1-2H3. The summed E-state index contributed by atoms with van der Waals surface area (Å²) in [6, 6.07) is 29.8. The molecule has 31 heavy (non-hydrogen) atoms. The van der Waals surface area contributed by atoms with E-state index in [1.54, 1.807) is 35.4 Å². The molecule has 2 aromatic carbocycles. The zero-order chi connectivity index (χ0) is 22.8. The molecule has 162 valence electrons. The minimum Gasteiger partial charge on any atom is -0.265 e. The number of pyridine rings is 2. The van der Waals surface area contributed by atoms with Crippen molar-refractivity contribution in [1.82, 2.24) is 15.0 Å². The zero-order valence-corrected chi connectivity index (χ0v) is 19.7. The second-order valence-corrected chi connectivity index (χ2v) is 5.81. The molecule has 0 spiro atoms. The summed E-state index contributed by atoms with van der Waals surface area (Å²) in [7, 11) is 0. The van der Waals surface area contributed by atoms with Crippen LogP contribution in [0.5, 0.6) is 0 Å². The quantitative estimate of drug-likeness (QED) is 0.248. The van der Waals surface area contributed by atoms with E-state index in [1.807, 2.05) is 118 Å². The largest absolute Gasteiger partial charge is 0.265 e. The number of rotatable bonds is 0. The van der Waals surface area contributed by atoms with Gasteiger partial charge in [0.1, 0.15) is 0 Å². The lowest BCUT2D eigenvalue weighted by molar-refractivity contribution is 1.33. The van der Waals surface area contributed by atoms with Gasteiger partial charge in [-0.2, -0.15) is 0 Å². The minimum absolute atomic E-state index is 1.06. The van der Waals surface area contributed by atoms with Gasteiger partial charge in [0.05, 0.1) is 11.0 Å². The van der Waals surface area contributed by atoms with E-state index >= 15 is 0 Å². The van der Waals surface area contributed by atoms with Gasteiger partial charge in [-0.05, 0) is 24.3 Å². The molecule has 3 heterocycles. The number of benzene rings is 2. The summed E-state index contributed by atoms with van der Waals surface area (Å²) in [5, 5.41) is 3.13. The average molecular weight is 432 g/mol. The molecule has 0 aliphatic heterocycles. The Labute approximate surface area is 191 Å². The molecule has 0 saturated carbocycles. The Hall–Kier alpha value is -3.37. The molecule has 0 atom stereocenters. The Kier molecular flexibility index (Phi) is 20.4. The van der Waals surface area contributed by atoms with Crippen LogP contribution in [0.1, 0.15) is 27.7 Å². The van der Waals surface area contributed by atoms with Crippen molar-refractivity contribution in [1.29, 1.82) is 0 Å². The van der Waals surface area contributed by atoms with E-state index in [9.17, 15) is 0 Å². The van der Waals surface area contributed by atoms with Crippen molar-refractivity contribution in [3.05, 3.63) is 127 Å². The number of aromatic nitrogens is 3. The first-order valence-electron chi connectivity index (χ1n) is 10.4. The van der Waals surface area contributed by atoms with Crippen molar-refractivity contribution in [3.8, 4) is 0 Å². The van der Waals surface area contributed by atoms with Crippen molar-refractivity contribution >= 4 is 22.2 Å². The number of hydrogen-bond acceptors (Lipinski definition) is 4. The Morgan fingerprint density at radius 2 is 1.06 bits per heavy atom. The molecular formula is C27H33N3S. The van der Waals surface area contributed by atoms with Crippen LogP contribution in [0, 0.1) is 0 Å². The maximum atomic E-state index is 4.18. The lowest BCUT2D eigenvalue weighted by atomic mass is 10.2. The van der Waals surface area contributed by atoms with E-state index < -0.39 is 0 Å². The van der Waals surface area contributed by atoms with Gasteiger partial charge in [0.15, 0.2) is 0 Å². The third-order valence-electron chi connectivity index (χ3n) is 3.09. The summed E-state index contributed by atoms with van der Waals surface area (Å²) in [5.41, 5.74) is 2.85. The van der Waals surface area contributed by atoms with E-state index in [0.717, 1.165) is 5.52 Å². The van der Waals surface area contributed by atoms with Crippen molar-refractivity contribution in [2.75, 3.05) is 0 Å². The summed E-state index contributed by atoms with van der Waals surface area (Å²) >= 11 is 1.60. The first kappa shape index (κ1) is 27.6. The monoisotopic (exact) mass is 431 g/mol. The van der Waals surface area contributed by atoms with E-state index in [-0.39, 0.29) is 0 Å². The van der Waals surface area contributed by atoms with E-state index in [4.69, 9.17) is 0 Å². The maximum Gasteiger partial charge on any atom is 0.0791 e. The third-order valence-corrected chi connectivity index (χ3v) is 3.61. The molecule has 0 fully saturated rings. The second kappa shape index (κ2) is 22.9. The Morgan fingerprint density at radius 3 is 1.45 bits per heavy atom. The lowest BCUT2D eigenvalue weighted by Gasteiger charge is -1.91. The van der Waals surface area contributed by atoms with Gasteiger partial charge in [0.25, 0.3) is 0 Å². The van der Waals surface area contributed by atoms with Crippen LogP contribution in [0.3, 0.4) is 0 Å². The summed E-state index contributed by atoms with van der Waals surface area (Å²) in [4.78, 5) is 11.7. The summed E-state index contributed by atoms with van der Waals surface area (Å²) in [5.74, 6) is 0. The molecule has 0 bridgehead atoms. The van der Waals surface area contributed by atoms with Gasteiger partial charge in [-0.1, -0.05) is 94.4 Å². The van der Waals surface area contributed by atoms with Crippen LogP contribution in [0.25, 0.3) is 10.9 Å². The average Bonchev–Trinajstić information content (AvgIpc) is 3.50. The summed E-state index contributed by atoms with van der Waals surface area (Å²) in [6.07, 6.45) is 7.08. The SMILES string of the molecule is CC.CC.c1ccc2ncccc2c1.c1ccccc1.c1ccncc1.c1cscn1. The fraction of sp³-hybridized carbons (Fsp3) is 0.148. The molecule has 0 aliphatic carbocycles. The third kappa shape index (κ3) is 16.1. The highest BCUT2D eigenvalue weighted by Crippen LogP contribution is 2.07. The van der Waals surface area contributed by atoms with Crippen LogP contribution in [0.15, 0.2) is 127 Å². The topological polar surface area (TPSA) is 38.7 Å². The van der Waals surface area contributed by atoms with Crippen LogP contribution < -0.4 is 0 Å². The summed E-state index contributed by atoms with van der Waals surface area (Å²) in [6.45, 7) is 8.00. The number of fused-ring (bicyclic) bond motifs is 1. The van der Waals surface area contributed by atoms with Crippen molar-refractivity contribution in [2.24, 2.45) is 0 Å². The van der Waals surface area contributed by atoms with Crippen LogP contribution in [-0.2, 0) is 0 Å². The van der Waals surface area contributed by atoms with Gasteiger partial charge >= 0.3 is 0 Å². The normalized spacial score (nSPS) is 8.00. The van der Waals surface area contributed by atoms with Crippen molar-refractivity contribution in [3.63, 3.8) is 0 Å². The second-order valence-electron chi connectivity index (χ2n) is 5.05. The zero-order valence-electron chi connectivity index (χ0n) is 18.9. The van der Waals surface area contributed by atoms with Gasteiger partial charge in [-0.25, -0.2) is 0 Å². The van der Waals surface area contributed by atoms with Gasteiger partial charge in [0, 0.05) is 35.6 Å². The first-order valence-corrected chi connectivity index (χ1v) is 11.4. The van der Waals surface area contributed by atoms with Crippen molar-refractivity contribution < 1.29 is 0 Å². The Balaban J connectivity index is 0.000000380. The molecule has 4 heteroatoms. The minimum atomic E-state index is 1.06. The number of hydrogen-bond donors (Lipinski definition) is 0. The summed E-state index contributed by atoms with van der Waals surface area (Å²) < 4.78 is 0. The fourth-order valence-corrected chi connectivity index (χ4v) is 2.24. The lowest BCUT2D eigenvalue weighted by Crippen LogP contribution is -1.73. The van der Waals surface area contributed by atoms with Crippen LogP contribution in [0.2, 0.25) is 0 Å². The van der Waals surface area contributed by atoms with Crippen LogP contribution >= 0.6 is 11.3 Å². The highest BCUT2D eigenvalue weighted by Gasteiger charge is 1.86. The van der Waals surface area contributed by atoms with Gasteiger partial charge in [0.2, 0.25) is 0 Å². The molecular weight excluding hydrogens is 398 g/mol. The molecule has 0 radical (unpaired) electrons. The predicted octanol–water partition coefficient (Wildman–Crippen LogP) is 8.20. The fourth-order valence-electron chi connectivity index (χ4n) is 1.89. The Bertz CT molecular complexity index is 760. The molecule has 0 aliphatic rings. The first-order chi connectivity index (χ1) is 15.5. The highest BCUT2D eigenvalue weighted by atomic mass is 32.1. The predicted molar refractivity (Wildman–Crippen MR) is 137 cm³/mol. The molecule has 3 nitrogen and oxygen atoms in total.